The minimum Gasteiger partial charge on any atom is -0.362 e. The third kappa shape index (κ3) is 3.85. The molecule has 0 radical (unpaired) electrons. The maximum Gasteiger partial charge on any atom is 0.410 e. The van der Waals surface area contributed by atoms with Gasteiger partial charge in [0.2, 0.25) is 0 Å². The van der Waals surface area contributed by atoms with Crippen LogP contribution in [0, 0.1) is 0 Å². The molecule has 3 aromatic rings. The quantitative estimate of drug-likeness (QED) is 0.451. The molecule has 0 bridgehead atoms. The molecule has 2 aromatic heterocycles. The number of hydrogen-bond donors (Lipinski definition) is 2. The Labute approximate surface area is 183 Å². The van der Waals surface area contributed by atoms with Gasteiger partial charge in [0.05, 0.1) is 10.5 Å². The lowest BCUT2D eigenvalue weighted by atomic mass is 10.0. The van der Waals surface area contributed by atoms with Crippen LogP contribution in [0.5, 0.6) is 0 Å². The molecule has 10 heteroatoms. The fourth-order valence-electron chi connectivity index (χ4n) is 3.54. The van der Waals surface area contributed by atoms with Crippen molar-refractivity contribution in [1.29, 1.82) is 0 Å². The molecule has 1 aliphatic rings. The molecule has 1 aromatic carbocycles. The summed E-state index contributed by atoms with van der Waals surface area (Å²) in [6, 6.07) is 8.53. The third-order valence-electron chi connectivity index (χ3n) is 5.04. The summed E-state index contributed by atoms with van der Waals surface area (Å²) in [6.07, 6.45) is -4.00. The summed E-state index contributed by atoms with van der Waals surface area (Å²) in [6.45, 7) is 1.96. The maximum atomic E-state index is 13.8. The Morgan fingerprint density at radius 1 is 1.33 bits per heavy atom. The predicted molar refractivity (Wildman–Crippen MR) is 114 cm³/mol. The molecule has 4 rings (SSSR count). The number of aryl methyl sites for hydroxylation is 1. The van der Waals surface area contributed by atoms with E-state index >= 15 is 0 Å². The van der Waals surface area contributed by atoms with Gasteiger partial charge in [-0.05, 0) is 45.4 Å². The number of nitrogens with zero attached hydrogens (tertiary/aromatic N) is 2. The summed E-state index contributed by atoms with van der Waals surface area (Å²) in [5, 5.41) is 11.8. The summed E-state index contributed by atoms with van der Waals surface area (Å²) < 4.78 is 42.5. The molecule has 30 heavy (non-hydrogen) atoms. The average molecular weight is 499 g/mol. The van der Waals surface area contributed by atoms with Gasteiger partial charge in [0.1, 0.15) is 5.82 Å². The number of rotatable bonds is 4. The van der Waals surface area contributed by atoms with E-state index in [1.807, 2.05) is 24.4 Å². The minimum absolute atomic E-state index is 0.0931. The maximum absolute atomic E-state index is 13.8. The van der Waals surface area contributed by atoms with E-state index in [2.05, 4.69) is 31.7 Å². The topological polar surface area (TPSA) is 59.0 Å². The number of hydrogen-bond acceptors (Lipinski definition) is 4. The highest BCUT2D eigenvalue weighted by Gasteiger charge is 2.48. The number of fused-ring (bicyclic) bond motifs is 1. The van der Waals surface area contributed by atoms with E-state index in [1.54, 1.807) is 24.3 Å². The van der Waals surface area contributed by atoms with Crippen LogP contribution in [0.1, 0.15) is 46.4 Å². The SMILES string of the molecule is CCc1ccccc1NC(=O)c1nn2c(c1Br)N[C@@H](c1cccs1)C[C@@H]2C(F)(F)F. The molecule has 0 aliphatic carbocycles. The van der Waals surface area contributed by atoms with Crippen molar-refractivity contribution in [3.05, 3.63) is 62.4 Å². The number of aromatic nitrogens is 2. The van der Waals surface area contributed by atoms with Crippen molar-refractivity contribution in [3.8, 4) is 0 Å². The van der Waals surface area contributed by atoms with E-state index in [9.17, 15) is 18.0 Å². The number of benzene rings is 1. The number of halogens is 4. The fourth-order valence-corrected chi connectivity index (χ4v) is 4.89. The van der Waals surface area contributed by atoms with E-state index < -0.39 is 24.2 Å². The molecule has 2 N–H and O–H groups in total. The number of carbonyl (C=O) groups excluding carboxylic acids is 1. The summed E-state index contributed by atoms with van der Waals surface area (Å²) in [7, 11) is 0. The first-order valence-electron chi connectivity index (χ1n) is 9.33. The van der Waals surface area contributed by atoms with Gasteiger partial charge in [0.25, 0.3) is 5.91 Å². The molecule has 3 heterocycles. The zero-order valence-corrected chi connectivity index (χ0v) is 18.2. The highest BCUT2D eigenvalue weighted by atomic mass is 79.9. The normalized spacial score (nSPS) is 18.6. The highest BCUT2D eigenvalue weighted by Crippen LogP contribution is 2.46. The lowest BCUT2D eigenvalue weighted by molar-refractivity contribution is -0.173. The zero-order chi connectivity index (χ0) is 21.5. The fraction of sp³-hybridized carbons (Fsp3) is 0.300. The Hall–Kier alpha value is -2.33. The highest BCUT2D eigenvalue weighted by molar-refractivity contribution is 9.10. The number of carbonyl (C=O) groups is 1. The van der Waals surface area contributed by atoms with Crippen LogP contribution in [0.2, 0.25) is 0 Å². The van der Waals surface area contributed by atoms with Gasteiger partial charge in [0, 0.05) is 17.0 Å². The largest absolute Gasteiger partial charge is 0.410 e. The number of nitrogens with one attached hydrogen (secondary N) is 2. The van der Waals surface area contributed by atoms with Gasteiger partial charge in [-0.25, -0.2) is 4.68 Å². The Morgan fingerprint density at radius 3 is 2.77 bits per heavy atom. The molecule has 5 nitrogen and oxygen atoms in total. The van der Waals surface area contributed by atoms with Crippen LogP contribution in [0.4, 0.5) is 24.7 Å². The van der Waals surface area contributed by atoms with Crippen molar-refractivity contribution in [2.24, 2.45) is 0 Å². The molecule has 0 saturated carbocycles. The van der Waals surface area contributed by atoms with Crippen molar-refractivity contribution in [3.63, 3.8) is 0 Å². The number of alkyl halides is 3. The van der Waals surface area contributed by atoms with Crippen molar-refractivity contribution < 1.29 is 18.0 Å². The van der Waals surface area contributed by atoms with Gasteiger partial charge in [-0.15, -0.1) is 11.3 Å². The molecule has 0 fully saturated rings. The molecule has 1 aliphatic heterocycles. The number of amides is 1. The molecular weight excluding hydrogens is 481 g/mol. The average Bonchev–Trinajstić information content (AvgIpc) is 3.35. The van der Waals surface area contributed by atoms with Gasteiger partial charge in [-0.1, -0.05) is 31.2 Å². The molecule has 0 unspecified atom stereocenters. The summed E-state index contributed by atoms with van der Waals surface area (Å²) in [4.78, 5) is 13.7. The van der Waals surface area contributed by atoms with Crippen LogP contribution in [0.25, 0.3) is 0 Å². The van der Waals surface area contributed by atoms with Gasteiger partial charge < -0.3 is 10.6 Å². The van der Waals surface area contributed by atoms with E-state index in [0.29, 0.717) is 12.1 Å². The van der Waals surface area contributed by atoms with Gasteiger partial charge >= 0.3 is 6.18 Å². The molecule has 0 spiro atoms. The second kappa shape index (κ2) is 8.07. The van der Waals surface area contributed by atoms with E-state index in [4.69, 9.17) is 0 Å². The number of para-hydroxylation sites is 1. The standard InChI is InChI=1S/C20H18BrF3N4OS/c1-2-11-6-3-4-7-12(11)26-19(29)17-16(21)18-25-13(14-8-5-9-30-14)10-15(20(22,23)24)28(18)27-17/h3-9,13,15,25H,2,10H2,1H3,(H,26,29)/t13-,15-/m1/s1. The summed E-state index contributed by atoms with van der Waals surface area (Å²) >= 11 is 4.69. The van der Waals surface area contributed by atoms with E-state index in [0.717, 1.165) is 15.1 Å². The Bertz CT molecular complexity index is 1060. The van der Waals surface area contributed by atoms with Crippen LogP contribution in [-0.2, 0) is 6.42 Å². The smallest absolute Gasteiger partial charge is 0.362 e. The van der Waals surface area contributed by atoms with Gasteiger partial charge in [-0.3, -0.25) is 4.79 Å². The zero-order valence-electron chi connectivity index (χ0n) is 15.8. The molecular formula is C20H18BrF3N4OS. The molecule has 1 amide bonds. The summed E-state index contributed by atoms with van der Waals surface area (Å²) in [5.41, 5.74) is 1.44. The van der Waals surface area contributed by atoms with Crippen LogP contribution in [0.15, 0.2) is 46.3 Å². The van der Waals surface area contributed by atoms with E-state index in [-0.39, 0.29) is 22.4 Å². The summed E-state index contributed by atoms with van der Waals surface area (Å²) in [5.74, 6) is -0.420. The predicted octanol–water partition coefficient (Wildman–Crippen LogP) is 6.18. The van der Waals surface area contributed by atoms with Crippen molar-refractivity contribution in [2.45, 2.75) is 38.0 Å². The second-order valence-corrected chi connectivity index (χ2v) is 8.70. The molecule has 158 valence electrons. The Morgan fingerprint density at radius 2 is 2.10 bits per heavy atom. The minimum atomic E-state index is -4.50. The van der Waals surface area contributed by atoms with Crippen LogP contribution >= 0.6 is 27.3 Å². The Balaban J connectivity index is 1.70. The van der Waals surface area contributed by atoms with Crippen molar-refractivity contribution in [1.82, 2.24) is 9.78 Å². The first-order chi connectivity index (χ1) is 14.3. The first-order valence-corrected chi connectivity index (χ1v) is 11.0. The second-order valence-electron chi connectivity index (χ2n) is 6.93. The number of anilines is 2. The van der Waals surface area contributed by atoms with Gasteiger partial charge in [-0.2, -0.15) is 18.3 Å². The van der Waals surface area contributed by atoms with E-state index in [1.165, 1.54) is 11.3 Å². The lowest BCUT2D eigenvalue weighted by Gasteiger charge is -2.33. The van der Waals surface area contributed by atoms with Crippen LogP contribution in [0.3, 0.4) is 0 Å². The van der Waals surface area contributed by atoms with Crippen molar-refractivity contribution >= 4 is 44.7 Å². The Kier molecular flexibility index (Phi) is 5.63. The third-order valence-corrected chi connectivity index (χ3v) is 6.78. The van der Waals surface area contributed by atoms with Crippen LogP contribution < -0.4 is 10.6 Å². The number of thiophene rings is 1. The first kappa shape index (κ1) is 20.9. The van der Waals surface area contributed by atoms with Gasteiger partial charge in [0.15, 0.2) is 11.7 Å². The van der Waals surface area contributed by atoms with Crippen molar-refractivity contribution in [2.75, 3.05) is 10.6 Å². The molecule has 2 atom stereocenters. The lowest BCUT2D eigenvalue weighted by Crippen LogP contribution is -2.35. The van der Waals surface area contributed by atoms with Crippen LogP contribution in [-0.4, -0.2) is 21.9 Å². The molecule has 0 saturated heterocycles. The monoisotopic (exact) mass is 498 g/mol.